The predicted molar refractivity (Wildman–Crippen MR) is 19.3 cm³/mol. The van der Waals surface area contributed by atoms with E-state index in [4.69, 9.17) is 0 Å². The standard InChI is InChI=1S/C3H7N2.Mn/c1-2-4-5-3-1;/h4H,1-3H2;/q-1;+1. The van der Waals surface area contributed by atoms with Gasteiger partial charge in [0, 0.05) is 0 Å². The van der Waals surface area contributed by atoms with Crippen molar-refractivity contribution in [3.63, 3.8) is 0 Å². The minimum atomic E-state index is 1.12. The first-order chi connectivity index (χ1) is 2.89. The zero-order valence-corrected chi connectivity index (χ0v) is 4.63. The van der Waals surface area contributed by atoms with Crippen LogP contribution < -0.4 is 5.43 Å². The summed E-state index contributed by atoms with van der Waals surface area (Å²) in [5.74, 6) is 0. The molecule has 0 amide bonds. The van der Waals surface area contributed by atoms with Gasteiger partial charge in [0.05, 0.1) is 0 Å². The van der Waals surface area contributed by atoms with E-state index in [-0.39, 0.29) is 0 Å². The first kappa shape index (κ1) is 4.59. The van der Waals surface area contributed by atoms with E-state index < -0.39 is 0 Å². The van der Waals surface area contributed by atoms with E-state index in [1.54, 1.807) is 0 Å². The molecule has 0 spiro atoms. The van der Waals surface area contributed by atoms with Gasteiger partial charge >= 0.3 is 45.2 Å². The van der Waals surface area contributed by atoms with Crippen LogP contribution in [-0.2, 0) is 16.2 Å². The summed E-state index contributed by atoms with van der Waals surface area (Å²) in [5, 5.41) is 0. The molecule has 1 aliphatic heterocycles. The Morgan fingerprint density at radius 3 is 2.67 bits per heavy atom. The van der Waals surface area contributed by atoms with Gasteiger partial charge in [0.15, 0.2) is 0 Å². The van der Waals surface area contributed by atoms with Crippen molar-refractivity contribution in [2.45, 2.75) is 6.42 Å². The first-order valence-electron chi connectivity index (χ1n) is 2.06. The Morgan fingerprint density at radius 1 is 1.67 bits per heavy atom. The Hall–Kier alpha value is 0.439. The summed E-state index contributed by atoms with van der Waals surface area (Å²) in [4.78, 5) is 0. The zero-order valence-electron chi connectivity index (χ0n) is 3.45. The van der Waals surface area contributed by atoms with Crippen molar-refractivity contribution in [2.75, 3.05) is 13.1 Å². The van der Waals surface area contributed by atoms with E-state index in [2.05, 4.69) is 21.7 Å². The minimum absolute atomic E-state index is 1.12. The van der Waals surface area contributed by atoms with Crippen LogP contribution in [0.2, 0.25) is 0 Å². The molecule has 1 aliphatic rings. The summed E-state index contributed by atoms with van der Waals surface area (Å²) < 4.78 is 1.92. The second kappa shape index (κ2) is 1.94. The van der Waals surface area contributed by atoms with Crippen molar-refractivity contribution >= 4 is 0 Å². The number of hydrazine groups is 1. The molecule has 6 heavy (non-hydrogen) atoms. The summed E-state index contributed by atoms with van der Waals surface area (Å²) >= 11 is 3.26. The Balaban J connectivity index is 2.18. The van der Waals surface area contributed by atoms with Crippen molar-refractivity contribution in [3.05, 3.63) is 0 Å². The van der Waals surface area contributed by atoms with Crippen LogP contribution in [0.4, 0.5) is 0 Å². The van der Waals surface area contributed by atoms with E-state index in [1.807, 2.05) is 4.03 Å². The molecule has 1 saturated heterocycles. The zero-order chi connectivity index (χ0) is 4.41. The number of hydrogen-bond acceptors (Lipinski definition) is 2. The van der Waals surface area contributed by atoms with E-state index in [0.717, 1.165) is 13.1 Å². The Kier molecular flexibility index (Phi) is 1.48. The second-order valence-electron chi connectivity index (χ2n) is 1.35. The van der Waals surface area contributed by atoms with Crippen molar-refractivity contribution < 1.29 is 16.2 Å². The Morgan fingerprint density at radius 2 is 2.50 bits per heavy atom. The van der Waals surface area contributed by atoms with Gasteiger partial charge in [0.1, 0.15) is 0 Å². The van der Waals surface area contributed by atoms with Crippen LogP contribution in [0.25, 0.3) is 0 Å². The van der Waals surface area contributed by atoms with Crippen LogP contribution in [0.3, 0.4) is 0 Å². The molecule has 1 heterocycles. The molecule has 0 atom stereocenters. The van der Waals surface area contributed by atoms with Crippen molar-refractivity contribution in [1.82, 2.24) is 9.45 Å². The molecule has 2 nitrogen and oxygen atoms in total. The molecule has 0 saturated carbocycles. The van der Waals surface area contributed by atoms with Gasteiger partial charge in [0.25, 0.3) is 0 Å². The van der Waals surface area contributed by atoms with Crippen LogP contribution in [0.1, 0.15) is 6.42 Å². The predicted octanol–water partition coefficient (Wildman–Crippen LogP) is -0.341. The van der Waals surface area contributed by atoms with E-state index in [1.165, 1.54) is 6.42 Å². The summed E-state index contributed by atoms with van der Waals surface area (Å²) in [6.07, 6.45) is 1.26. The normalized spacial score (nSPS) is 25.5. The van der Waals surface area contributed by atoms with Crippen LogP contribution in [0.5, 0.6) is 0 Å². The summed E-state index contributed by atoms with van der Waals surface area (Å²) in [6, 6.07) is 0. The molecule has 0 aromatic rings. The van der Waals surface area contributed by atoms with Gasteiger partial charge in [-0.1, -0.05) is 0 Å². The fourth-order valence-corrected chi connectivity index (χ4v) is 0.816. The van der Waals surface area contributed by atoms with Crippen LogP contribution in [-0.4, -0.2) is 17.1 Å². The second-order valence-corrected chi connectivity index (χ2v) is 1.98. The molecule has 0 aromatic carbocycles. The fourth-order valence-electron chi connectivity index (χ4n) is 0.497. The monoisotopic (exact) mass is 126 g/mol. The van der Waals surface area contributed by atoms with Crippen molar-refractivity contribution in [1.29, 1.82) is 0 Å². The maximum absolute atomic E-state index is 3.26. The first-order valence-corrected chi connectivity index (χ1v) is 2.59. The maximum atomic E-state index is 3.26. The van der Waals surface area contributed by atoms with Gasteiger partial charge in [0.2, 0.25) is 0 Å². The number of nitrogens with one attached hydrogen (secondary N) is 1. The molecule has 0 radical (unpaired) electrons. The number of hydrogen-bond donors (Lipinski definition) is 1. The van der Waals surface area contributed by atoms with Gasteiger partial charge in [-0.2, -0.15) is 0 Å². The van der Waals surface area contributed by atoms with Gasteiger partial charge < -0.3 is 0 Å². The molecule has 3 heteroatoms. The molecule has 1 rings (SSSR count). The molecule has 0 unspecified atom stereocenters. The van der Waals surface area contributed by atoms with Crippen molar-refractivity contribution in [3.8, 4) is 0 Å². The number of nitrogens with zero attached hydrogens (tertiary/aromatic N) is 1. The average Bonchev–Trinajstić information content (AvgIpc) is 1.86. The summed E-state index contributed by atoms with van der Waals surface area (Å²) in [5.41, 5.74) is 3.07. The van der Waals surface area contributed by atoms with Gasteiger partial charge in [-0.25, -0.2) is 0 Å². The van der Waals surface area contributed by atoms with Crippen molar-refractivity contribution in [2.24, 2.45) is 0 Å². The third kappa shape index (κ3) is 0.949. The molecule has 0 aromatic heterocycles. The molecule has 36 valence electrons. The molecule has 1 fully saturated rings. The third-order valence-electron chi connectivity index (χ3n) is 0.815. The van der Waals surface area contributed by atoms with Gasteiger partial charge in [-0.05, 0) is 0 Å². The van der Waals surface area contributed by atoms with Crippen LogP contribution in [0.15, 0.2) is 0 Å². The summed E-state index contributed by atoms with van der Waals surface area (Å²) in [7, 11) is 0. The molecule has 0 aliphatic carbocycles. The fraction of sp³-hybridized carbons (Fsp3) is 1.00. The van der Waals surface area contributed by atoms with E-state index >= 15 is 0 Å². The molecule has 1 N–H and O–H groups in total. The third-order valence-corrected chi connectivity index (χ3v) is 1.27. The van der Waals surface area contributed by atoms with Gasteiger partial charge in [-0.3, -0.25) is 0 Å². The number of rotatable bonds is 0. The summed E-state index contributed by atoms with van der Waals surface area (Å²) in [6.45, 7) is 2.24. The quantitative estimate of drug-likeness (QED) is 0.446. The Bertz CT molecular complexity index is 42.1. The average molecular weight is 126 g/mol. The Labute approximate surface area is 45.9 Å². The van der Waals surface area contributed by atoms with E-state index in [0.29, 0.717) is 0 Å². The SMILES string of the molecule is [Mn][N]1CCCN1. The van der Waals surface area contributed by atoms with Crippen LogP contribution >= 0.6 is 0 Å². The topological polar surface area (TPSA) is 15.3 Å². The molecular formula is C3H7MnN2. The molecular weight excluding hydrogens is 119 g/mol. The molecule has 0 bridgehead atoms. The van der Waals surface area contributed by atoms with Gasteiger partial charge in [-0.15, -0.1) is 0 Å². The van der Waals surface area contributed by atoms with Crippen LogP contribution in [0, 0.1) is 0 Å². The van der Waals surface area contributed by atoms with E-state index in [9.17, 15) is 0 Å².